The molecule has 2 heterocycles. The van der Waals surface area contributed by atoms with Gasteiger partial charge in [0, 0.05) is 48.4 Å². The summed E-state index contributed by atoms with van der Waals surface area (Å²) in [6, 6.07) is 8.71. The van der Waals surface area contributed by atoms with Crippen LogP contribution in [0.3, 0.4) is 0 Å². The Balaban J connectivity index is 1.62. The second kappa shape index (κ2) is 7.22. The molecule has 0 spiro atoms. The fourth-order valence-corrected chi connectivity index (χ4v) is 3.82. The van der Waals surface area contributed by atoms with Crippen LogP contribution in [-0.2, 0) is 4.74 Å². The molecule has 1 aliphatic rings. The van der Waals surface area contributed by atoms with Gasteiger partial charge < -0.3 is 9.64 Å². The van der Waals surface area contributed by atoms with Gasteiger partial charge >= 0.3 is 6.09 Å². The third-order valence-electron chi connectivity index (χ3n) is 4.05. The number of benzene rings is 1. The van der Waals surface area contributed by atoms with Crippen molar-refractivity contribution in [3.8, 4) is 0 Å². The van der Waals surface area contributed by atoms with Gasteiger partial charge in [0.15, 0.2) is 0 Å². The van der Waals surface area contributed by atoms with Crippen LogP contribution in [0.15, 0.2) is 41.6 Å². The molecule has 134 valence electrons. The van der Waals surface area contributed by atoms with E-state index in [2.05, 4.69) is 34.4 Å². The summed E-state index contributed by atoms with van der Waals surface area (Å²) in [6.45, 7) is 10.0. The summed E-state index contributed by atoms with van der Waals surface area (Å²) in [5, 5.41) is 2.34. The topological polar surface area (TPSA) is 45.7 Å². The van der Waals surface area contributed by atoms with Gasteiger partial charge in [0.05, 0.1) is 0 Å². The second-order valence-electron chi connectivity index (χ2n) is 7.39. The number of rotatable bonds is 2. The van der Waals surface area contributed by atoms with Crippen LogP contribution < -0.4 is 0 Å². The summed E-state index contributed by atoms with van der Waals surface area (Å²) >= 11 is 1.75. The monoisotopic (exact) mass is 359 g/mol. The largest absolute Gasteiger partial charge is 0.444 e. The van der Waals surface area contributed by atoms with Crippen LogP contribution in [0.5, 0.6) is 0 Å². The van der Waals surface area contributed by atoms with Crippen molar-refractivity contribution in [1.82, 2.24) is 14.2 Å². The lowest BCUT2D eigenvalue weighted by molar-refractivity contribution is 0.0151. The van der Waals surface area contributed by atoms with Crippen molar-refractivity contribution in [2.45, 2.75) is 44.2 Å². The SMILES string of the molecule is CC1CN(C(=O)OC(C)(C)C)CCN1Sc1ccc2cnccc2c1. The maximum atomic E-state index is 12.2. The number of piperazine rings is 1. The highest BCUT2D eigenvalue weighted by atomic mass is 32.2. The van der Waals surface area contributed by atoms with Gasteiger partial charge in [-0.15, -0.1) is 0 Å². The summed E-state index contributed by atoms with van der Waals surface area (Å²) in [5.74, 6) is 0. The Hall–Kier alpha value is -1.79. The maximum Gasteiger partial charge on any atom is 0.410 e. The summed E-state index contributed by atoms with van der Waals surface area (Å²) in [4.78, 5) is 19.4. The molecule has 1 aliphatic heterocycles. The van der Waals surface area contributed by atoms with Crippen molar-refractivity contribution in [2.75, 3.05) is 19.6 Å². The first kappa shape index (κ1) is 18.0. The van der Waals surface area contributed by atoms with Gasteiger partial charge in [0.2, 0.25) is 0 Å². The Morgan fingerprint density at radius 2 is 2.04 bits per heavy atom. The van der Waals surface area contributed by atoms with Crippen LogP contribution in [0.1, 0.15) is 27.7 Å². The minimum absolute atomic E-state index is 0.220. The van der Waals surface area contributed by atoms with E-state index in [9.17, 15) is 4.79 Å². The molecule has 2 aromatic rings. The number of hydrogen-bond donors (Lipinski definition) is 0. The Morgan fingerprint density at radius 1 is 1.24 bits per heavy atom. The molecule has 1 atom stereocenters. The summed E-state index contributed by atoms with van der Waals surface area (Å²) in [5.41, 5.74) is -0.452. The number of pyridine rings is 1. The molecular formula is C19H25N3O2S. The third kappa shape index (κ3) is 4.64. The van der Waals surface area contributed by atoms with Crippen LogP contribution in [0.4, 0.5) is 4.79 Å². The number of hydrogen-bond acceptors (Lipinski definition) is 5. The molecule has 1 aromatic carbocycles. The number of nitrogens with zero attached hydrogens (tertiary/aromatic N) is 3. The number of amides is 1. The molecule has 0 saturated carbocycles. The van der Waals surface area contributed by atoms with Gasteiger partial charge in [-0.3, -0.25) is 4.98 Å². The molecule has 5 nitrogen and oxygen atoms in total. The third-order valence-corrected chi connectivity index (χ3v) is 5.29. The maximum absolute atomic E-state index is 12.2. The van der Waals surface area contributed by atoms with E-state index < -0.39 is 5.60 Å². The lowest BCUT2D eigenvalue weighted by Crippen LogP contribution is -2.52. The minimum Gasteiger partial charge on any atom is -0.444 e. The number of carbonyl (C=O) groups excluding carboxylic acids is 1. The van der Waals surface area contributed by atoms with E-state index in [1.54, 1.807) is 16.8 Å². The van der Waals surface area contributed by atoms with Crippen molar-refractivity contribution >= 4 is 28.8 Å². The molecule has 1 amide bonds. The van der Waals surface area contributed by atoms with Gasteiger partial charge in [-0.05, 0) is 63.2 Å². The normalized spacial score (nSPS) is 19.2. The average molecular weight is 359 g/mol. The molecule has 0 radical (unpaired) electrons. The zero-order chi connectivity index (χ0) is 18.0. The van der Waals surface area contributed by atoms with Gasteiger partial charge in [0.1, 0.15) is 5.60 Å². The van der Waals surface area contributed by atoms with E-state index in [1.807, 2.05) is 39.2 Å². The standard InChI is InChI=1S/C19H25N3O2S/c1-14-13-21(18(23)24-19(2,3)4)9-10-22(14)25-17-6-5-16-12-20-8-7-15(16)11-17/h5-8,11-12,14H,9-10,13H2,1-4H3. The molecule has 25 heavy (non-hydrogen) atoms. The van der Waals surface area contributed by atoms with Crippen LogP contribution in [-0.4, -0.2) is 51.6 Å². The zero-order valence-electron chi connectivity index (χ0n) is 15.2. The van der Waals surface area contributed by atoms with Crippen molar-refractivity contribution < 1.29 is 9.53 Å². The highest BCUT2D eigenvalue weighted by Crippen LogP contribution is 2.29. The van der Waals surface area contributed by atoms with Gasteiger partial charge in [0.25, 0.3) is 0 Å². The van der Waals surface area contributed by atoms with Crippen LogP contribution in [0.25, 0.3) is 10.8 Å². The quantitative estimate of drug-likeness (QED) is 0.753. The molecular weight excluding hydrogens is 334 g/mol. The van der Waals surface area contributed by atoms with Gasteiger partial charge in [-0.25, -0.2) is 9.10 Å². The number of aromatic nitrogens is 1. The van der Waals surface area contributed by atoms with E-state index in [4.69, 9.17) is 4.74 Å². The van der Waals surface area contributed by atoms with E-state index in [-0.39, 0.29) is 12.1 Å². The van der Waals surface area contributed by atoms with E-state index in [0.717, 1.165) is 11.9 Å². The molecule has 1 unspecified atom stereocenters. The summed E-state index contributed by atoms with van der Waals surface area (Å²) in [6.07, 6.45) is 3.48. The van der Waals surface area contributed by atoms with Crippen molar-refractivity contribution in [2.24, 2.45) is 0 Å². The molecule has 6 heteroatoms. The van der Waals surface area contributed by atoms with Crippen molar-refractivity contribution in [3.63, 3.8) is 0 Å². The lowest BCUT2D eigenvalue weighted by atomic mass is 10.2. The minimum atomic E-state index is -0.452. The number of ether oxygens (including phenoxy) is 1. The van der Waals surface area contributed by atoms with E-state index in [1.165, 1.54) is 10.3 Å². The van der Waals surface area contributed by atoms with Gasteiger partial charge in [-0.2, -0.15) is 0 Å². The second-order valence-corrected chi connectivity index (χ2v) is 8.51. The highest BCUT2D eigenvalue weighted by molar-refractivity contribution is 7.97. The Morgan fingerprint density at radius 3 is 2.76 bits per heavy atom. The Bertz CT molecular complexity index is 760. The fourth-order valence-electron chi connectivity index (χ4n) is 2.82. The average Bonchev–Trinajstić information content (AvgIpc) is 2.55. The van der Waals surface area contributed by atoms with Gasteiger partial charge in [-0.1, -0.05) is 6.07 Å². The van der Waals surface area contributed by atoms with E-state index in [0.29, 0.717) is 13.1 Å². The number of fused-ring (bicyclic) bond motifs is 1. The molecule has 1 saturated heterocycles. The highest BCUT2D eigenvalue weighted by Gasteiger charge is 2.30. The molecule has 0 aliphatic carbocycles. The fraction of sp³-hybridized carbons (Fsp3) is 0.474. The van der Waals surface area contributed by atoms with E-state index >= 15 is 0 Å². The molecule has 3 rings (SSSR count). The molecule has 1 fully saturated rings. The summed E-state index contributed by atoms with van der Waals surface area (Å²) < 4.78 is 7.82. The number of carbonyl (C=O) groups is 1. The summed E-state index contributed by atoms with van der Waals surface area (Å²) in [7, 11) is 0. The van der Waals surface area contributed by atoms with Crippen LogP contribution >= 0.6 is 11.9 Å². The molecule has 0 N–H and O–H groups in total. The zero-order valence-corrected chi connectivity index (χ0v) is 16.0. The van der Waals surface area contributed by atoms with Crippen LogP contribution in [0, 0.1) is 0 Å². The molecule has 0 bridgehead atoms. The first-order valence-corrected chi connectivity index (χ1v) is 9.35. The van der Waals surface area contributed by atoms with Crippen molar-refractivity contribution in [1.29, 1.82) is 0 Å². The van der Waals surface area contributed by atoms with Crippen LogP contribution in [0.2, 0.25) is 0 Å². The Labute approximate surface area is 153 Å². The van der Waals surface area contributed by atoms with Crippen molar-refractivity contribution in [3.05, 3.63) is 36.7 Å². The lowest BCUT2D eigenvalue weighted by Gasteiger charge is -2.39. The first-order valence-electron chi connectivity index (χ1n) is 8.58. The smallest absolute Gasteiger partial charge is 0.410 e. The Kier molecular flexibility index (Phi) is 5.20. The first-order chi connectivity index (χ1) is 11.8. The molecule has 1 aromatic heterocycles. The predicted octanol–water partition coefficient (Wildman–Crippen LogP) is 4.18. The predicted molar refractivity (Wildman–Crippen MR) is 102 cm³/mol.